The number of methoxy groups -OCH3 is 1. The second-order valence-electron chi connectivity index (χ2n) is 5.02. The van der Waals surface area contributed by atoms with E-state index in [-0.39, 0.29) is 24.6 Å². The van der Waals surface area contributed by atoms with Crippen molar-refractivity contribution in [3.8, 4) is 0 Å². The van der Waals surface area contributed by atoms with Gasteiger partial charge in [-0.2, -0.15) is 0 Å². The molecule has 0 aliphatic carbocycles. The van der Waals surface area contributed by atoms with Crippen molar-refractivity contribution in [1.29, 1.82) is 0 Å². The smallest absolute Gasteiger partial charge is 0.172 e. The maximum atomic E-state index is 6.16. The lowest BCUT2D eigenvalue weighted by Gasteiger charge is -2.23. The van der Waals surface area contributed by atoms with E-state index in [1.165, 1.54) is 24.9 Å². The van der Waals surface area contributed by atoms with E-state index in [4.69, 9.17) is 13.6 Å². The molecule has 0 N–H and O–H groups in total. The van der Waals surface area contributed by atoms with E-state index < -0.39 is 8.32 Å². The van der Waals surface area contributed by atoms with Crippen molar-refractivity contribution in [2.75, 3.05) is 26.9 Å². The summed E-state index contributed by atoms with van der Waals surface area (Å²) in [5.41, 5.74) is 0. The van der Waals surface area contributed by atoms with Crippen LogP contribution in [0.1, 0.15) is 41.0 Å². The number of unbranched alkanes of at least 4 members (excludes halogenated alkanes) is 1. The molecule has 0 bridgehead atoms. The van der Waals surface area contributed by atoms with Crippen LogP contribution < -0.4 is 0 Å². The van der Waals surface area contributed by atoms with Gasteiger partial charge in [0.15, 0.2) is 8.32 Å². The Bertz CT molecular complexity index is 167. The molecule has 5 heteroatoms. The van der Waals surface area contributed by atoms with Gasteiger partial charge in [-0.3, -0.25) is 0 Å². The van der Waals surface area contributed by atoms with Gasteiger partial charge in [-0.25, -0.2) is 0 Å². The molecule has 120 valence electrons. The first-order valence-corrected chi connectivity index (χ1v) is 11.5. The van der Waals surface area contributed by atoms with Crippen LogP contribution in [0.5, 0.6) is 0 Å². The molecule has 0 aliphatic heterocycles. The summed E-state index contributed by atoms with van der Waals surface area (Å²) in [6.45, 7) is 9.23. The normalized spacial score (nSPS) is 11.4. The summed E-state index contributed by atoms with van der Waals surface area (Å²) in [7, 11) is 0.0871. The predicted octanol–water partition coefficient (Wildman–Crippen LogP) is 3.84. The zero-order valence-electron chi connectivity index (χ0n) is 12.1. The predicted molar refractivity (Wildman–Crippen MR) is 92.4 cm³/mol. The maximum Gasteiger partial charge on any atom is 0.172 e. The zero-order chi connectivity index (χ0) is 13.0. The van der Waals surface area contributed by atoms with Crippen LogP contribution >= 0.6 is 0 Å². The SMILES string of the molecule is C.C.CCCC[Si](C)(C)O[SiH2]CCCOCCOC. The van der Waals surface area contributed by atoms with Crippen LogP contribution in [-0.4, -0.2) is 45.0 Å². The quantitative estimate of drug-likeness (QED) is 0.405. The Morgan fingerprint density at radius 3 is 2.26 bits per heavy atom. The van der Waals surface area contributed by atoms with Gasteiger partial charge in [-0.15, -0.1) is 0 Å². The number of hydrogen-bond donors (Lipinski definition) is 0. The van der Waals surface area contributed by atoms with Gasteiger partial charge in [-0.1, -0.05) is 34.6 Å². The van der Waals surface area contributed by atoms with E-state index in [0.717, 1.165) is 19.6 Å². The molecule has 0 unspecified atom stereocenters. The second kappa shape index (κ2) is 16.4. The van der Waals surface area contributed by atoms with Crippen LogP contribution in [0.15, 0.2) is 0 Å². The summed E-state index contributed by atoms with van der Waals surface area (Å²) in [6.07, 6.45) is 3.76. The van der Waals surface area contributed by atoms with Crippen molar-refractivity contribution in [1.82, 2.24) is 0 Å². The molecular weight excluding hydrogens is 272 g/mol. The number of ether oxygens (including phenoxy) is 2. The Labute approximate surface area is 125 Å². The highest BCUT2D eigenvalue weighted by Crippen LogP contribution is 2.14. The summed E-state index contributed by atoms with van der Waals surface area (Å²) in [4.78, 5) is 0. The van der Waals surface area contributed by atoms with Crippen molar-refractivity contribution in [3.05, 3.63) is 0 Å². The third kappa shape index (κ3) is 18.3. The standard InChI is InChI=1S/C12H30O3Si2.2CH4/c1-5-6-12-17(3,4)15-16-11-7-8-14-10-9-13-2;;/h5-12,16H2,1-4H3;2*1H4. The van der Waals surface area contributed by atoms with Crippen molar-refractivity contribution >= 4 is 18.1 Å². The van der Waals surface area contributed by atoms with E-state index in [2.05, 4.69) is 20.0 Å². The molecular formula is C14H38O3Si2. The first-order chi connectivity index (χ1) is 8.12. The molecule has 0 radical (unpaired) electrons. The Balaban J connectivity index is -0.00000128. The summed E-state index contributed by atoms with van der Waals surface area (Å²) in [5.74, 6) is 0. The summed E-state index contributed by atoms with van der Waals surface area (Å²) < 4.78 is 16.5. The Kier molecular flexibility index (Phi) is 21.0. The number of rotatable bonds is 12. The van der Waals surface area contributed by atoms with Gasteiger partial charge in [0, 0.05) is 13.7 Å². The van der Waals surface area contributed by atoms with E-state index >= 15 is 0 Å². The average Bonchev–Trinajstić information content (AvgIpc) is 2.30. The van der Waals surface area contributed by atoms with Crippen LogP contribution in [0.4, 0.5) is 0 Å². The first kappa shape index (κ1) is 24.3. The molecule has 0 aromatic heterocycles. The van der Waals surface area contributed by atoms with Crippen LogP contribution in [0.25, 0.3) is 0 Å². The largest absolute Gasteiger partial charge is 0.460 e. The molecule has 0 saturated heterocycles. The first-order valence-electron chi connectivity index (χ1n) is 6.83. The Morgan fingerprint density at radius 1 is 1.00 bits per heavy atom. The maximum absolute atomic E-state index is 6.16. The average molecular weight is 311 g/mol. The molecule has 0 heterocycles. The molecule has 0 spiro atoms. The summed E-state index contributed by atoms with van der Waals surface area (Å²) in [5, 5.41) is 0. The minimum atomic E-state index is -1.30. The van der Waals surface area contributed by atoms with E-state index in [0.29, 0.717) is 6.61 Å². The highest BCUT2D eigenvalue weighted by molar-refractivity contribution is 6.75. The van der Waals surface area contributed by atoms with Gasteiger partial charge >= 0.3 is 0 Å². The molecule has 0 aromatic rings. The van der Waals surface area contributed by atoms with Gasteiger partial charge in [-0.05, 0) is 31.6 Å². The van der Waals surface area contributed by atoms with E-state index in [1.54, 1.807) is 7.11 Å². The van der Waals surface area contributed by atoms with Crippen molar-refractivity contribution in [2.24, 2.45) is 0 Å². The third-order valence-electron chi connectivity index (χ3n) is 2.74. The molecule has 0 atom stereocenters. The summed E-state index contributed by atoms with van der Waals surface area (Å²) >= 11 is 0. The molecule has 19 heavy (non-hydrogen) atoms. The minimum absolute atomic E-state index is 0. The van der Waals surface area contributed by atoms with Gasteiger partial charge in [0.2, 0.25) is 0 Å². The lowest BCUT2D eigenvalue weighted by molar-refractivity contribution is 0.0709. The Morgan fingerprint density at radius 2 is 1.68 bits per heavy atom. The van der Waals surface area contributed by atoms with E-state index in [1.807, 2.05) is 0 Å². The molecule has 0 aliphatic rings. The van der Waals surface area contributed by atoms with Crippen molar-refractivity contribution < 1.29 is 13.6 Å². The fourth-order valence-electron chi connectivity index (χ4n) is 1.57. The summed E-state index contributed by atoms with van der Waals surface area (Å²) in [6, 6.07) is 2.57. The third-order valence-corrected chi connectivity index (χ3v) is 9.03. The highest BCUT2D eigenvalue weighted by Gasteiger charge is 2.20. The van der Waals surface area contributed by atoms with Gasteiger partial charge in [0.05, 0.1) is 13.2 Å². The van der Waals surface area contributed by atoms with Crippen LogP contribution in [0, 0.1) is 0 Å². The molecule has 0 aromatic carbocycles. The fraction of sp³-hybridized carbons (Fsp3) is 1.00. The molecule has 0 fully saturated rings. The van der Waals surface area contributed by atoms with Gasteiger partial charge in [0.1, 0.15) is 9.76 Å². The second-order valence-corrected chi connectivity index (χ2v) is 11.3. The molecule has 0 amide bonds. The van der Waals surface area contributed by atoms with Crippen molar-refractivity contribution in [3.63, 3.8) is 0 Å². The number of hydrogen-bond acceptors (Lipinski definition) is 3. The lowest BCUT2D eigenvalue weighted by Crippen LogP contribution is -2.31. The van der Waals surface area contributed by atoms with Crippen LogP contribution in [0.3, 0.4) is 0 Å². The lowest BCUT2D eigenvalue weighted by atomic mass is 10.4. The molecule has 0 saturated carbocycles. The molecule has 0 rings (SSSR count). The molecule has 3 nitrogen and oxygen atoms in total. The topological polar surface area (TPSA) is 27.7 Å². The highest BCUT2D eigenvalue weighted by atomic mass is 28.4. The fourth-order valence-corrected chi connectivity index (χ4v) is 6.55. The zero-order valence-corrected chi connectivity index (χ0v) is 14.5. The monoisotopic (exact) mass is 310 g/mol. The Hall–Kier alpha value is 0.314. The van der Waals surface area contributed by atoms with Gasteiger partial charge in [0.25, 0.3) is 0 Å². The van der Waals surface area contributed by atoms with Crippen molar-refractivity contribution in [2.45, 2.75) is 66.2 Å². The van der Waals surface area contributed by atoms with Crippen LogP contribution in [0.2, 0.25) is 25.2 Å². The van der Waals surface area contributed by atoms with Gasteiger partial charge < -0.3 is 13.6 Å². The van der Waals surface area contributed by atoms with Crippen LogP contribution in [-0.2, 0) is 13.6 Å². The van der Waals surface area contributed by atoms with E-state index in [9.17, 15) is 0 Å². The minimum Gasteiger partial charge on any atom is -0.460 e.